The van der Waals surface area contributed by atoms with Gasteiger partial charge in [0.15, 0.2) is 0 Å². The van der Waals surface area contributed by atoms with Gasteiger partial charge in [-0.25, -0.2) is 0 Å². The van der Waals surface area contributed by atoms with E-state index in [4.69, 9.17) is 0 Å². The van der Waals surface area contributed by atoms with E-state index >= 15 is 0 Å². The van der Waals surface area contributed by atoms with E-state index in [1.165, 1.54) is 16.8 Å². The maximum Gasteiger partial charge on any atom is 0.269 e. The van der Waals surface area contributed by atoms with Crippen molar-refractivity contribution in [1.29, 1.82) is 0 Å². The first-order valence-corrected chi connectivity index (χ1v) is 7.70. The Kier molecular flexibility index (Phi) is 4.84. The van der Waals surface area contributed by atoms with E-state index in [0.717, 1.165) is 16.7 Å². The zero-order valence-electron chi connectivity index (χ0n) is 13.3. The highest BCUT2D eigenvalue weighted by Gasteiger charge is 2.08. The molecule has 0 atom stereocenters. The summed E-state index contributed by atoms with van der Waals surface area (Å²) in [5, 5.41) is 17.7. The molecule has 0 bridgehead atoms. The van der Waals surface area contributed by atoms with Crippen molar-refractivity contribution in [1.82, 2.24) is 15.1 Å². The molecule has 0 aliphatic carbocycles. The highest BCUT2D eigenvalue weighted by Crippen LogP contribution is 2.21. The molecule has 126 valence electrons. The number of hydrogen-bond donors (Lipinski definition) is 1. The van der Waals surface area contributed by atoms with Crippen molar-refractivity contribution >= 4 is 11.6 Å². The molecule has 0 fully saturated rings. The Morgan fingerprint density at radius 3 is 2.48 bits per heavy atom. The molecule has 1 heterocycles. The molecule has 0 aliphatic rings. The zero-order chi connectivity index (χ0) is 17.6. The van der Waals surface area contributed by atoms with Crippen molar-refractivity contribution in [3.05, 3.63) is 82.7 Å². The SMILES string of the molecule is O=C(Cn1cc(-c2ccc([N+](=O)[O-])cc2)cn1)NCc1ccccc1. The number of nitrogens with zero attached hydrogens (tertiary/aromatic N) is 3. The van der Waals surface area contributed by atoms with E-state index in [0.29, 0.717) is 6.54 Å². The molecular weight excluding hydrogens is 320 g/mol. The van der Waals surface area contributed by atoms with E-state index in [1.807, 2.05) is 30.3 Å². The minimum atomic E-state index is -0.440. The number of benzene rings is 2. The quantitative estimate of drug-likeness (QED) is 0.553. The number of carbonyl (C=O) groups excluding carboxylic acids is 1. The summed E-state index contributed by atoms with van der Waals surface area (Å²) in [5.41, 5.74) is 2.67. The molecule has 0 saturated heterocycles. The van der Waals surface area contributed by atoms with Crippen LogP contribution in [0.2, 0.25) is 0 Å². The molecule has 1 aromatic heterocycles. The van der Waals surface area contributed by atoms with Gasteiger partial charge in [0.2, 0.25) is 5.91 Å². The Morgan fingerprint density at radius 2 is 1.80 bits per heavy atom. The van der Waals surface area contributed by atoms with Gasteiger partial charge in [-0.3, -0.25) is 19.6 Å². The van der Waals surface area contributed by atoms with Crippen LogP contribution in [-0.4, -0.2) is 20.6 Å². The van der Waals surface area contributed by atoms with Gasteiger partial charge >= 0.3 is 0 Å². The Hall–Kier alpha value is -3.48. The lowest BCUT2D eigenvalue weighted by atomic mass is 10.1. The van der Waals surface area contributed by atoms with Gasteiger partial charge in [0.25, 0.3) is 5.69 Å². The zero-order valence-corrected chi connectivity index (χ0v) is 13.3. The smallest absolute Gasteiger partial charge is 0.269 e. The van der Waals surface area contributed by atoms with E-state index in [-0.39, 0.29) is 18.1 Å². The van der Waals surface area contributed by atoms with E-state index < -0.39 is 4.92 Å². The first-order chi connectivity index (χ1) is 12.1. The molecule has 3 rings (SSSR count). The third kappa shape index (κ3) is 4.29. The van der Waals surface area contributed by atoms with Gasteiger partial charge in [-0.2, -0.15) is 5.10 Å². The fourth-order valence-corrected chi connectivity index (χ4v) is 2.37. The Balaban J connectivity index is 1.59. The highest BCUT2D eigenvalue weighted by atomic mass is 16.6. The van der Waals surface area contributed by atoms with Gasteiger partial charge < -0.3 is 5.32 Å². The molecular formula is C18H16N4O3. The van der Waals surface area contributed by atoms with Gasteiger partial charge in [-0.1, -0.05) is 30.3 Å². The first-order valence-electron chi connectivity index (χ1n) is 7.70. The lowest BCUT2D eigenvalue weighted by molar-refractivity contribution is -0.384. The number of non-ortho nitro benzene ring substituents is 1. The van der Waals surface area contributed by atoms with Crippen LogP contribution in [-0.2, 0) is 17.9 Å². The molecule has 3 aromatic rings. The summed E-state index contributed by atoms with van der Waals surface area (Å²) < 4.78 is 1.54. The highest BCUT2D eigenvalue weighted by molar-refractivity contribution is 5.75. The minimum absolute atomic E-state index is 0.0384. The second-order valence-electron chi connectivity index (χ2n) is 5.49. The Labute approximate surface area is 144 Å². The summed E-state index contributed by atoms with van der Waals surface area (Å²) >= 11 is 0. The molecule has 0 unspecified atom stereocenters. The van der Waals surface area contributed by atoms with E-state index in [2.05, 4.69) is 10.4 Å². The summed E-state index contributed by atoms with van der Waals surface area (Å²) in [7, 11) is 0. The van der Waals surface area contributed by atoms with Gasteiger partial charge in [-0.15, -0.1) is 0 Å². The van der Waals surface area contributed by atoms with Gasteiger partial charge in [0.05, 0.1) is 11.1 Å². The third-order valence-electron chi connectivity index (χ3n) is 3.68. The number of aromatic nitrogens is 2. The summed E-state index contributed by atoms with van der Waals surface area (Å²) in [4.78, 5) is 22.2. The van der Waals surface area contributed by atoms with Gasteiger partial charge in [0, 0.05) is 30.4 Å². The fraction of sp³-hybridized carbons (Fsp3) is 0.111. The average Bonchev–Trinajstić information content (AvgIpc) is 3.09. The molecule has 7 nitrogen and oxygen atoms in total. The largest absolute Gasteiger partial charge is 0.350 e. The standard InChI is InChI=1S/C18H16N4O3/c23-18(19-10-14-4-2-1-3-5-14)13-21-12-16(11-20-21)15-6-8-17(9-7-15)22(24)25/h1-9,11-12H,10,13H2,(H,19,23). The van der Waals surface area contributed by atoms with Crippen molar-refractivity contribution in [2.24, 2.45) is 0 Å². The van der Waals surface area contributed by atoms with Crippen molar-refractivity contribution in [2.45, 2.75) is 13.1 Å². The molecule has 7 heteroatoms. The normalized spacial score (nSPS) is 10.4. The van der Waals surface area contributed by atoms with Crippen LogP contribution in [0.5, 0.6) is 0 Å². The van der Waals surface area contributed by atoms with E-state index in [1.54, 1.807) is 24.5 Å². The van der Waals surface area contributed by atoms with Crippen LogP contribution in [0.25, 0.3) is 11.1 Å². The van der Waals surface area contributed by atoms with Gasteiger partial charge in [0.1, 0.15) is 6.54 Å². The number of rotatable bonds is 6. The summed E-state index contributed by atoms with van der Waals surface area (Å²) in [6.45, 7) is 0.579. The van der Waals surface area contributed by atoms with Crippen molar-refractivity contribution in [3.8, 4) is 11.1 Å². The molecule has 25 heavy (non-hydrogen) atoms. The molecule has 2 aromatic carbocycles. The predicted molar refractivity (Wildman–Crippen MR) is 92.6 cm³/mol. The van der Waals surface area contributed by atoms with E-state index in [9.17, 15) is 14.9 Å². The number of nitro benzene ring substituents is 1. The van der Waals surface area contributed by atoms with Crippen LogP contribution in [0, 0.1) is 10.1 Å². The molecule has 0 spiro atoms. The summed E-state index contributed by atoms with van der Waals surface area (Å²) in [6.07, 6.45) is 3.37. The van der Waals surface area contributed by atoms with Crippen LogP contribution in [0.3, 0.4) is 0 Å². The number of hydrogen-bond acceptors (Lipinski definition) is 4. The number of nitro groups is 1. The van der Waals surface area contributed by atoms with Crippen LogP contribution in [0.1, 0.15) is 5.56 Å². The summed E-state index contributed by atoms with van der Waals surface area (Å²) in [5.74, 6) is -0.137. The fourth-order valence-electron chi connectivity index (χ4n) is 2.37. The molecule has 1 amide bonds. The van der Waals surface area contributed by atoms with Crippen molar-refractivity contribution in [3.63, 3.8) is 0 Å². The third-order valence-corrected chi connectivity index (χ3v) is 3.68. The second-order valence-corrected chi connectivity index (χ2v) is 5.49. The maximum atomic E-state index is 12.0. The van der Waals surface area contributed by atoms with Gasteiger partial charge in [-0.05, 0) is 23.3 Å². The number of nitrogens with one attached hydrogen (secondary N) is 1. The monoisotopic (exact) mass is 336 g/mol. The number of amides is 1. The van der Waals surface area contributed by atoms with Crippen molar-refractivity contribution in [2.75, 3.05) is 0 Å². The van der Waals surface area contributed by atoms with Crippen LogP contribution in [0.15, 0.2) is 67.0 Å². The second kappa shape index (κ2) is 7.39. The topological polar surface area (TPSA) is 90.1 Å². The lowest BCUT2D eigenvalue weighted by Crippen LogP contribution is -2.27. The summed E-state index contributed by atoms with van der Waals surface area (Å²) in [6, 6.07) is 15.9. The number of carbonyl (C=O) groups is 1. The minimum Gasteiger partial charge on any atom is -0.350 e. The molecule has 0 saturated carbocycles. The molecule has 1 N–H and O–H groups in total. The molecule has 0 aliphatic heterocycles. The maximum absolute atomic E-state index is 12.0. The van der Waals surface area contributed by atoms with Crippen LogP contribution >= 0.6 is 0 Å². The Morgan fingerprint density at radius 1 is 1.08 bits per heavy atom. The predicted octanol–water partition coefficient (Wildman–Crippen LogP) is 2.77. The van der Waals surface area contributed by atoms with Crippen LogP contribution < -0.4 is 5.32 Å². The lowest BCUT2D eigenvalue weighted by Gasteiger charge is -2.05. The Bertz CT molecular complexity index is 873. The van der Waals surface area contributed by atoms with Crippen LogP contribution in [0.4, 0.5) is 5.69 Å². The average molecular weight is 336 g/mol. The van der Waals surface area contributed by atoms with Crippen molar-refractivity contribution < 1.29 is 9.72 Å². The first kappa shape index (κ1) is 16.4. The molecule has 0 radical (unpaired) electrons.